The van der Waals surface area contributed by atoms with Gasteiger partial charge in [0.1, 0.15) is 16.5 Å². The van der Waals surface area contributed by atoms with Crippen LogP contribution in [0.5, 0.6) is 0 Å². The Balaban J connectivity index is 1.45. The lowest BCUT2D eigenvalue weighted by Crippen LogP contribution is -2.24. The third-order valence-electron chi connectivity index (χ3n) is 5.85. The van der Waals surface area contributed by atoms with Gasteiger partial charge in [-0.1, -0.05) is 63.2 Å². The molecule has 0 bridgehead atoms. The number of carbonyl (C=O) groups excluding carboxylic acids is 1. The van der Waals surface area contributed by atoms with Crippen LogP contribution in [0.3, 0.4) is 0 Å². The molecule has 0 aliphatic heterocycles. The Labute approximate surface area is 216 Å². The molecular formula is C29H31FN4OS. The van der Waals surface area contributed by atoms with Gasteiger partial charge in [-0.2, -0.15) is 0 Å². The monoisotopic (exact) mass is 502 g/mol. The maximum atomic E-state index is 13.4. The summed E-state index contributed by atoms with van der Waals surface area (Å²) in [7, 11) is 0. The number of amides is 1. The van der Waals surface area contributed by atoms with Gasteiger partial charge in [0, 0.05) is 24.7 Å². The van der Waals surface area contributed by atoms with Gasteiger partial charge in [0.05, 0.1) is 18.8 Å². The topological polar surface area (TPSA) is 58.1 Å². The lowest BCUT2D eigenvalue weighted by Gasteiger charge is -2.23. The molecule has 1 N–H and O–H groups in total. The predicted molar refractivity (Wildman–Crippen MR) is 142 cm³/mol. The summed E-state index contributed by atoms with van der Waals surface area (Å²) in [4.78, 5) is 23.7. The average molecular weight is 503 g/mol. The first-order valence-electron chi connectivity index (χ1n) is 11.9. The molecule has 0 aliphatic rings. The van der Waals surface area contributed by atoms with Crippen LogP contribution in [0, 0.1) is 5.82 Å². The predicted octanol–water partition coefficient (Wildman–Crippen LogP) is 6.11. The second kappa shape index (κ2) is 11.5. The molecule has 0 fully saturated rings. The number of aromatic nitrogens is 2. The first-order valence-corrected chi connectivity index (χ1v) is 12.8. The van der Waals surface area contributed by atoms with Crippen LogP contribution in [0.4, 0.5) is 4.39 Å². The Kier molecular flexibility index (Phi) is 8.23. The van der Waals surface area contributed by atoms with Gasteiger partial charge in [-0.05, 0) is 46.4 Å². The van der Waals surface area contributed by atoms with E-state index in [-0.39, 0.29) is 17.1 Å². The van der Waals surface area contributed by atoms with Crippen molar-refractivity contribution in [1.29, 1.82) is 0 Å². The highest BCUT2D eigenvalue weighted by molar-refractivity contribution is 7.09. The molecule has 2 heterocycles. The largest absolute Gasteiger partial charge is 0.345 e. The molecule has 0 radical (unpaired) electrons. The maximum Gasteiger partial charge on any atom is 0.271 e. The van der Waals surface area contributed by atoms with Crippen LogP contribution in [0.15, 0.2) is 78.3 Å². The van der Waals surface area contributed by atoms with Gasteiger partial charge < -0.3 is 5.32 Å². The van der Waals surface area contributed by atoms with E-state index in [0.717, 1.165) is 16.3 Å². The number of carbonyl (C=O) groups is 1. The Hall–Kier alpha value is -3.42. The van der Waals surface area contributed by atoms with E-state index in [1.165, 1.54) is 34.6 Å². The van der Waals surface area contributed by atoms with Gasteiger partial charge in [0.15, 0.2) is 0 Å². The molecule has 1 amide bonds. The van der Waals surface area contributed by atoms with Gasteiger partial charge in [0.25, 0.3) is 5.91 Å². The molecule has 2 aromatic carbocycles. The molecule has 0 unspecified atom stereocenters. The van der Waals surface area contributed by atoms with Crippen LogP contribution < -0.4 is 5.32 Å². The van der Waals surface area contributed by atoms with Crippen LogP contribution in [-0.4, -0.2) is 20.8 Å². The number of rotatable bonds is 9. The molecule has 4 aromatic rings. The molecule has 5 nitrogen and oxygen atoms in total. The van der Waals surface area contributed by atoms with E-state index in [0.29, 0.717) is 31.9 Å². The number of nitrogens with zero attached hydrogens (tertiary/aromatic N) is 3. The zero-order chi connectivity index (χ0) is 25.5. The summed E-state index contributed by atoms with van der Waals surface area (Å²) in [5.41, 5.74) is 4.80. The van der Waals surface area contributed by atoms with Crippen LogP contribution in [0.2, 0.25) is 0 Å². The van der Waals surface area contributed by atoms with Crippen LogP contribution >= 0.6 is 11.3 Å². The van der Waals surface area contributed by atoms with Gasteiger partial charge in [-0.25, -0.2) is 9.37 Å². The van der Waals surface area contributed by atoms with Crippen molar-refractivity contribution in [3.8, 4) is 0 Å². The van der Waals surface area contributed by atoms with Crippen molar-refractivity contribution in [3.63, 3.8) is 0 Å². The number of hydrogen-bond acceptors (Lipinski definition) is 5. The smallest absolute Gasteiger partial charge is 0.271 e. The van der Waals surface area contributed by atoms with E-state index in [1.807, 2.05) is 30.3 Å². The SMILES string of the molecule is CC(C)(C)c1ccc(CN(Cc2ccc(F)cc2)Cc2nc(C(=O)NCc3ccccn3)cs2)cc1. The van der Waals surface area contributed by atoms with Crippen molar-refractivity contribution < 1.29 is 9.18 Å². The fraction of sp³-hybridized carbons (Fsp3) is 0.276. The summed E-state index contributed by atoms with van der Waals surface area (Å²) >= 11 is 1.47. The molecule has 0 aliphatic carbocycles. The molecule has 186 valence electrons. The van der Waals surface area contributed by atoms with Crippen LogP contribution in [0.1, 0.15) is 58.7 Å². The van der Waals surface area contributed by atoms with Crippen molar-refractivity contribution in [2.75, 3.05) is 0 Å². The Morgan fingerprint density at radius 3 is 2.22 bits per heavy atom. The van der Waals surface area contributed by atoms with E-state index in [2.05, 4.69) is 65.2 Å². The molecule has 2 aromatic heterocycles. The maximum absolute atomic E-state index is 13.4. The number of nitrogens with one attached hydrogen (secondary N) is 1. The Bertz CT molecular complexity index is 1270. The minimum atomic E-state index is -0.246. The lowest BCUT2D eigenvalue weighted by molar-refractivity contribution is 0.0945. The van der Waals surface area contributed by atoms with Crippen molar-refractivity contribution in [3.05, 3.63) is 117 Å². The summed E-state index contributed by atoms with van der Waals surface area (Å²) in [5.74, 6) is -0.463. The third kappa shape index (κ3) is 7.29. The minimum Gasteiger partial charge on any atom is -0.345 e. The number of halogens is 1. The van der Waals surface area contributed by atoms with Crippen molar-refractivity contribution in [2.24, 2.45) is 0 Å². The van der Waals surface area contributed by atoms with Crippen LogP contribution in [0.25, 0.3) is 0 Å². The molecule has 36 heavy (non-hydrogen) atoms. The molecule has 7 heteroatoms. The highest BCUT2D eigenvalue weighted by atomic mass is 32.1. The number of thiazole rings is 1. The Morgan fingerprint density at radius 1 is 0.944 bits per heavy atom. The minimum absolute atomic E-state index is 0.0980. The molecule has 0 spiro atoms. The fourth-order valence-electron chi connectivity index (χ4n) is 3.83. The standard InChI is InChI=1S/C29H31FN4OS/c1-29(2,3)23-11-7-21(8-12-23)17-34(18-22-9-13-24(30)14-10-22)19-27-33-26(20-36-27)28(35)32-16-25-6-4-5-15-31-25/h4-15,20H,16-19H2,1-3H3,(H,32,35). The fourth-order valence-corrected chi connectivity index (χ4v) is 4.64. The van der Waals surface area contributed by atoms with Crippen LogP contribution in [-0.2, 0) is 31.6 Å². The summed E-state index contributed by atoms with van der Waals surface area (Å²) in [5, 5.41) is 5.52. The number of benzene rings is 2. The van der Waals surface area contributed by atoms with Crippen molar-refractivity contribution in [2.45, 2.75) is 52.4 Å². The molecule has 0 saturated heterocycles. The highest BCUT2D eigenvalue weighted by Gasteiger charge is 2.16. The quantitative estimate of drug-likeness (QED) is 0.300. The third-order valence-corrected chi connectivity index (χ3v) is 6.68. The summed E-state index contributed by atoms with van der Waals surface area (Å²) in [6.07, 6.45) is 1.70. The number of hydrogen-bond donors (Lipinski definition) is 1. The second-order valence-electron chi connectivity index (χ2n) is 9.85. The summed E-state index contributed by atoms with van der Waals surface area (Å²) < 4.78 is 13.4. The summed E-state index contributed by atoms with van der Waals surface area (Å²) in [6.45, 7) is 8.90. The van der Waals surface area contributed by atoms with E-state index in [9.17, 15) is 9.18 Å². The first kappa shape index (κ1) is 25.7. The summed E-state index contributed by atoms with van der Waals surface area (Å²) in [6, 6.07) is 20.9. The normalized spacial score (nSPS) is 11.6. The Morgan fingerprint density at radius 2 is 1.61 bits per heavy atom. The zero-order valence-electron chi connectivity index (χ0n) is 20.9. The molecule has 0 saturated carbocycles. The lowest BCUT2D eigenvalue weighted by atomic mass is 9.87. The van der Waals surface area contributed by atoms with E-state index >= 15 is 0 Å². The molecule has 0 atom stereocenters. The van der Waals surface area contributed by atoms with E-state index < -0.39 is 0 Å². The van der Waals surface area contributed by atoms with E-state index in [1.54, 1.807) is 11.6 Å². The zero-order valence-corrected chi connectivity index (χ0v) is 21.7. The first-order chi connectivity index (χ1) is 17.3. The van der Waals surface area contributed by atoms with Gasteiger partial charge >= 0.3 is 0 Å². The number of pyridine rings is 1. The van der Waals surface area contributed by atoms with Crippen molar-refractivity contribution >= 4 is 17.2 Å². The second-order valence-corrected chi connectivity index (χ2v) is 10.8. The van der Waals surface area contributed by atoms with Gasteiger partial charge in [0.2, 0.25) is 0 Å². The van der Waals surface area contributed by atoms with Gasteiger partial charge in [-0.3, -0.25) is 14.7 Å². The average Bonchev–Trinajstić information content (AvgIpc) is 3.33. The highest BCUT2D eigenvalue weighted by Crippen LogP contribution is 2.23. The molecular weight excluding hydrogens is 471 g/mol. The molecule has 4 rings (SSSR count). The van der Waals surface area contributed by atoms with Gasteiger partial charge in [-0.15, -0.1) is 11.3 Å². The van der Waals surface area contributed by atoms with E-state index in [4.69, 9.17) is 0 Å². The van der Waals surface area contributed by atoms with Crippen molar-refractivity contribution in [1.82, 2.24) is 20.2 Å².